The highest BCUT2D eigenvalue weighted by Crippen LogP contribution is 2.27. The molecule has 2 rings (SSSR count). The van der Waals surface area contributed by atoms with Crippen LogP contribution in [0.15, 0.2) is 0 Å². The van der Waals surface area contributed by atoms with Crippen molar-refractivity contribution in [2.45, 2.75) is 92.7 Å². The molecule has 34 heavy (non-hydrogen) atoms. The lowest BCUT2D eigenvalue weighted by Gasteiger charge is -2.47. The van der Waals surface area contributed by atoms with Crippen molar-refractivity contribution < 1.29 is 29.6 Å². The minimum Gasteiger partial charge on any atom is -0.390 e. The molecule has 0 spiro atoms. The molecule has 0 aromatic carbocycles. The number of ether oxygens (including phenoxy) is 2. The van der Waals surface area contributed by atoms with E-state index in [-0.39, 0.29) is 32.0 Å². The Morgan fingerprint density at radius 3 is 2.38 bits per heavy atom. The molecule has 1 amide bonds. The standard InChI is InChI=1S/C20H44N8O6/c21-4-2-1-3-9(23)19(32)28-6-5-27-14-15(29)10(24)7-11(25)18(14)34-20-13(26)17(31)16(30)12(8-22)33-20/h9-18,20,27,29-31H,1-8,21-26H2,(H,28,32)/t9-,10+,11-,12+,13+,14-,15-,16+,17+,18+,20+/m0/s1. The van der Waals surface area contributed by atoms with Gasteiger partial charge in [0, 0.05) is 31.7 Å². The fourth-order valence-corrected chi connectivity index (χ4v) is 4.36. The summed E-state index contributed by atoms with van der Waals surface area (Å²) < 4.78 is 11.7. The van der Waals surface area contributed by atoms with Gasteiger partial charge in [0.05, 0.1) is 30.3 Å². The van der Waals surface area contributed by atoms with E-state index in [4.69, 9.17) is 43.9 Å². The van der Waals surface area contributed by atoms with Crippen LogP contribution >= 0.6 is 0 Å². The molecule has 17 N–H and O–H groups in total. The average Bonchev–Trinajstić information content (AvgIpc) is 2.81. The van der Waals surface area contributed by atoms with Gasteiger partial charge in [0.1, 0.15) is 18.3 Å². The van der Waals surface area contributed by atoms with Crippen LogP contribution in [-0.2, 0) is 14.3 Å². The van der Waals surface area contributed by atoms with E-state index in [1.165, 1.54) is 0 Å². The molecule has 0 aromatic heterocycles. The molecule has 0 bridgehead atoms. The maximum atomic E-state index is 12.1. The third-order valence-electron chi connectivity index (χ3n) is 6.51. The van der Waals surface area contributed by atoms with Crippen molar-refractivity contribution >= 4 is 5.91 Å². The van der Waals surface area contributed by atoms with Gasteiger partial charge in [-0.1, -0.05) is 6.42 Å². The van der Waals surface area contributed by atoms with Gasteiger partial charge < -0.3 is 69.8 Å². The van der Waals surface area contributed by atoms with Crippen molar-refractivity contribution in [2.75, 3.05) is 26.2 Å². The highest BCUT2D eigenvalue weighted by Gasteiger charge is 2.48. The fourth-order valence-electron chi connectivity index (χ4n) is 4.36. The first-order valence-corrected chi connectivity index (χ1v) is 11.9. The van der Waals surface area contributed by atoms with Crippen LogP contribution in [0.5, 0.6) is 0 Å². The van der Waals surface area contributed by atoms with Crippen molar-refractivity contribution in [1.82, 2.24) is 10.6 Å². The summed E-state index contributed by atoms with van der Waals surface area (Å²) in [6.07, 6.45) is -3.92. The minimum atomic E-state index is -1.31. The van der Waals surface area contributed by atoms with Crippen LogP contribution in [0.4, 0.5) is 0 Å². The molecule has 0 unspecified atom stereocenters. The van der Waals surface area contributed by atoms with Crippen LogP contribution in [0.1, 0.15) is 25.7 Å². The largest absolute Gasteiger partial charge is 0.390 e. The number of amides is 1. The third kappa shape index (κ3) is 7.49. The third-order valence-corrected chi connectivity index (χ3v) is 6.51. The molecule has 1 saturated carbocycles. The number of hydrogen-bond acceptors (Lipinski definition) is 13. The van der Waals surface area contributed by atoms with Gasteiger partial charge in [-0.2, -0.15) is 0 Å². The maximum absolute atomic E-state index is 12.1. The summed E-state index contributed by atoms with van der Waals surface area (Å²) in [6, 6.07) is -3.55. The Balaban J connectivity index is 1.95. The van der Waals surface area contributed by atoms with Gasteiger partial charge >= 0.3 is 0 Å². The van der Waals surface area contributed by atoms with E-state index in [0.717, 1.165) is 12.8 Å². The molecule has 200 valence electrons. The van der Waals surface area contributed by atoms with Gasteiger partial charge in [0.25, 0.3) is 0 Å². The number of rotatable bonds is 12. The number of unbranched alkanes of at least 4 members (excludes halogenated alkanes) is 1. The lowest BCUT2D eigenvalue weighted by atomic mass is 9.82. The first-order valence-electron chi connectivity index (χ1n) is 11.9. The molecule has 1 saturated heterocycles. The predicted octanol–water partition coefficient (Wildman–Crippen LogP) is -5.95. The molecular formula is C20H44N8O6. The molecule has 2 aliphatic rings. The number of nitrogens with two attached hydrogens (primary N) is 6. The predicted molar refractivity (Wildman–Crippen MR) is 125 cm³/mol. The fraction of sp³-hybridized carbons (Fsp3) is 0.950. The zero-order valence-electron chi connectivity index (χ0n) is 19.5. The van der Waals surface area contributed by atoms with Crippen LogP contribution in [0.2, 0.25) is 0 Å². The van der Waals surface area contributed by atoms with Crippen molar-refractivity contribution in [3.63, 3.8) is 0 Å². The second-order valence-electron chi connectivity index (χ2n) is 9.15. The average molecular weight is 493 g/mol. The SMILES string of the molecule is NCCCC[C@H](N)C(=O)NCCN[C@H]1[C@@H](O)[C@H](N)C[C@H](N)[C@H]1O[C@H]1O[C@H](CN)[C@@H](O)[C@H](O)[C@H]1N. The van der Waals surface area contributed by atoms with Crippen LogP contribution in [0.25, 0.3) is 0 Å². The van der Waals surface area contributed by atoms with Crippen molar-refractivity contribution in [2.24, 2.45) is 34.4 Å². The summed E-state index contributed by atoms with van der Waals surface area (Å²) in [6.45, 7) is 1.04. The van der Waals surface area contributed by atoms with Gasteiger partial charge in [-0.3, -0.25) is 4.79 Å². The summed E-state index contributed by atoms with van der Waals surface area (Å²) in [5.74, 6) is -0.272. The molecule has 0 radical (unpaired) electrons. The molecule has 14 heteroatoms. The number of nitrogens with one attached hydrogen (secondary N) is 2. The Morgan fingerprint density at radius 2 is 1.74 bits per heavy atom. The quantitative estimate of drug-likeness (QED) is 0.113. The van der Waals surface area contributed by atoms with E-state index < -0.39 is 67.0 Å². The Kier molecular flexibility index (Phi) is 12.0. The Hall–Kier alpha value is -1.01. The van der Waals surface area contributed by atoms with E-state index in [0.29, 0.717) is 13.0 Å². The molecule has 1 aliphatic heterocycles. The number of hydrogen-bond donors (Lipinski definition) is 11. The Bertz CT molecular complexity index is 620. The first-order chi connectivity index (χ1) is 16.1. The van der Waals surface area contributed by atoms with E-state index in [9.17, 15) is 20.1 Å². The zero-order chi connectivity index (χ0) is 25.4. The zero-order valence-corrected chi connectivity index (χ0v) is 19.5. The number of carbonyl (C=O) groups is 1. The highest BCUT2D eigenvalue weighted by molar-refractivity contribution is 5.81. The molecular weight excluding hydrogens is 448 g/mol. The molecule has 2 fully saturated rings. The van der Waals surface area contributed by atoms with Crippen molar-refractivity contribution in [3.8, 4) is 0 Å². The maximum Gasteiger partial charge on any atom is 0.236 e. The molecule has 1 aliphatic carbocycles. The summed E-state index contributed by atoms with van der Waals surface area (Å²) in [4.78, 5) is 12.1. The highest BCUT2D eigenvalue weighted by atomic mass is 16.7. The van der Waals surface area contributed by atoms with Crippen LogP contribution in [0, 0.1) is 0 Å². The lowest BCUT2D eigenvalue weighted by molar-refractivity contribution is -0.279. The number of carbonyl (C=O) groups excluding carboxylic acids is 1. The van der Waals surface area contributed by atoms with Gasteiger partial charge in [-0.25, -0.2) is 0 Å². The molecule has 1 heterocycles. The van der Waals surface area contributed by atoms with E-state index >= 15 is 0 Å². The topological polar surface area (TPSA) is 276 Å². The van der Waals surface area contributed by atoms with Crippen molar-refractivity contribution in [1.29, 1.82) is 0 Å². The second kappa shape index (κ2) is 13.9. The minimum absolute atomic E-state index is 0.0508. The first kappa shape index (κ1) is 29.2. The van der Waals surface area contributed by atoms with Crippen molar-refractivity contribution in [3.05, 3.63) is 0 Å². The van der Waals surface area contributed by atoms with Gasteiger partial charge in [-0.15, -0.1) is 0 Å². The van der Waals surface area contributed by atoms with E-state index in [2.05, 4.69) is 10.6 Å². The van der Waals surface area contributed by atoms with Gasteiger partial charge in [-0.05, 0) is 25.8 Å². The molecule has 14 nitrogen and oxygen atoms in total. The molecule has 11 atom stereocenters. The smallest absolute Gasteiger partial charge is 0.236 e. The second-order valence-corrected chi connectivity index (χ2v) is 9.15. The summed E-state index contributed by atoms with van der Waals surface area (Å²) in [5, 5.41) is 36.9. The van der Waals surface area contributed by atoms with Crippen LogP contribution in [0.3, 0.4) is 0 Å². The normalized spacial score (nSPS) is 39.6. The lowest BCUT2D eigenvalue weighted by Crippen LogP contribution is -2.70. The molecule has 0 aromatic rings. The number of aliphatic hydroxyl groups is 3. The van der Waals surface area contributed by atoms with E-state index in [1.54, 1.807) is 0 Å². The Morgan fingerprint density at radius 1 is 1.03 bits per heavy atom. The summed E-state index contributed by atoms with van der Waals surface area (Å²) in [7, 11) is 0. The Labute approximate surface area is 200 Å². The van der Waals surface area contributed by atoms with Crippen LogP contribution in [-0.4, -0.2) is 114 Å². The summed E-state index contributed by atoms with van der Waals surface area (Å²) >= 11 is 0. The van der Waals surface area contributed by atoms with Crippen LogP contribution < -0.4 is 45.0 Å². The number of aliphatic hydroxyl groups excluding tert-OH is 3. The monoisotopic (exact) mass is 492 g/mol. The van der Waals surface area contributed by atoms with Gasteiger partial charge in [0.15, 0.2) is 6.29 Å². The van der Waals surface area contributed by atoms with E-state index in [1.807, 2.05) is 0 Å². The van der Waals surface area contributed by atoms with Gasteiger partial charge in [0.2, 0.25) is 5.91 Å². The summed E-state index contributed by atoms with van der Waals surface area (Å²) in [5.41, 5.74) is 35.3.